The maximum absolute atomic E-state index is 13.3. The summed E-state index contributed by atoms with van der Waals surface area (Å²) in [6.45, 7) is 1.76. The highest BCUT2D eigenvalue weighted by Crippen LogP contribution is 2.45. The summed E-state index contributed by atoms with van der Waals surface area (Å²) in [7, 11) is 3.00. The number of carbonyl (C=O) groups excluding carboxylic acids is 2. The number of methoxy groups -OCH3 is 2. The summed E-state index contributed by atoms with van der Waals surface area (Å²) >= 11 is 6.30. The van der Waals surface area contributed by atoms with Crippen LogP contribution in [0.25, 0.3) is 0 Å². The van der Waals surface area contributed by atoms with Crippen molar-refractivity contribution in [2.45, 2.75) is 13.0 Å². The fourth-order valence-corrected chi connectivity index (χ4v) is 3.99. The lowest BCUT2D eigenvalue weighted by molar-refractivity contribution is -0.117. The van der Waals surface area contributed by atoms with Crippen LogP contribution in [0.5, 0.6) is 11.5 Å². The van der Waals surface area contributed by atoms with Gasteiger partial charge in [-0.15, -0.1) is 0 Å². The van der Waals surface area contributed by atoms with Crippen LogP contribution in [0.2, 0.25) is 5.02 Å². The molecule has 4 rings (SSSR count). The van der Waals surface area contributed by atoms with Crippen molar-refractivity contribution in [1.29, 1.82) is 0 Å². The molecule has 0 saturated heterocycles. The van der Waals surface area contributed by atoms with Crippen molar-refractivity contribution in [3.63, 3.8) is 0 Å². The maximum Gasteiger partial charge on any atom is 0.294 e. The largest absolute Gasteiger partial charge is 0.503 e. The van der Waals surface area contributed by atoms with E-state index in [0.717, 1.165) is 0 Å². The molecule has 2 heterocycles. The summed E-state index contributed by atoms with van der Waals surface area (Å²) in [5.74, 6) is -1.05. The Bertz CT molecular complexity index is 1230. The van der Waals surface area contributed by atoms with Crippen LogP contribution in [0.1, 0.15) is 27.7 Å². The zero-order valence-corrected chi connectivity index (χ0v) is 18.3. The first-order valence-electron chi connectivity index (χ1n) is 9.71. The maximum atomic E-state index is 13.3. The number of benzene rings is 2. The van der Waals surface area contributed by atoms with E-state index >= 15 is 0 Å². The van der Waals surface area contributed by atoms with E-state index in [0.29, 0.717) is 33.3 Å². The molecule has 32 heavy (non-hydrogen) atoms. The van der Waals surface area contributed by atoms with Crippen LogP contribution in [0.4, 0.5) is 5.69 Å². The third-order valence-corrected chi connectivity index (χ3v) is 5.83. The molecule has 1 N–H and O–H groups in total. The molecule has 0 radical (unpaired) electrons. The number of halogens is 1. The minimum Gasteiger partial charge on any atom is -0.503 e. The molecule has 0 saturated carbocycles. The van der Waals surface area contributed by atoms with Crippen LogP contribution < -0.4 is 14.4 Å². The van der Waals surface area contributed by atoms with E-state index in [1.807, 2.05) is 0 Å². The molecular formula is C24H20ClNO6. The summed E-state index contributed by atoms with van der Waals surface area (Å²) < 4.78 is 16.0. The molecule has 3 aromatic rings. The molecule has 1 atom stereocenters. The molecule has 1 aliphatic heterocycles. The number of aliphatic hydroxyl groups is 1. The predicted octanol–water partition coefficient (Wildman–Crippen LogP) is 5.04. The Morgan fingerprint density at radius 2 is 1.84 bits per heavy atom. The summed E-state index contributed by atoms with van der Waals surface area (Å²) in [4.78, 5) is 27.9. The summed E-state index contributed by atoms with van der Waals surface area (Å²) in [5, 5.41) is 11.3. The van der Waals surface area contributed by atoms with E-state index in [1.165, 1.54) is 31.4 Å². The van der Waals surface area contributed by atoms with Gasteiger partial charge < -0.3 is 19.0 Å². The average Bonchev–Trinajstić information content (AvgIpc) is 3.42. The van der Waals surface area contributed by atoms with Gasteiger partial charge in [0.05, 0.1) is 32.1 Å². The minimum absolute atomic E-state index is 0.00879. The van der Waals surface area contributed by atoms with Gasteiger partial charge in [-0.05, 0) is 54.4 Å². The van der Waals surface area contributed by atoms with Gasteiger partial charge in [0.2, 0.25) is 5.78 Å². The number of ether oxygens (including phenoxy) is 2. The van der Waals surface area contributed by atoms with Crippen molar-refractivity contribution >= 4 is 29.0 Å². The van der Waals surface area contributed by atoms with E-state index in [1.54, 1.807) is 49.4 Å². The first-order chi connectivity index (χ1) is 15.4. The van der Waals surface area contributed by atoms with Crippen molar-refractivity contribution < 1.29 is 28.6 Å². The summed E-state index contributed by atoms with van der Waals surface area (Å²) in [6, 6.07) is 12.3. The van der Waals surface area contributed by atoms with Crippen LogP contribution in [-0.4, -0.2) is 31.0 Å². The number of rotatable bonds is 6. The van der Waals surface area contributed by atoms with Crippen LogP contribution >= 0.6 is 11.6 Å². The molecule has 7 nitrogen and oxygen atoms in total. The molecule has 0 bridgehead atoms. The van der Waals surface area contributed by atoms with Gasteiger partial charge in [-0.1, -0.05) is 23.7 Å². The second-order valence-electron chi connectivity index (χ2n) is 7.14. The quantitative estimate of drug-likeness (QED) is 0.526. The number of anilines is 1. The lowest BCUT2D eigenvalue weighted by atomic mass is 9.94. The Morgan fingerprint density at radius 1 is 1.09 bits per heavy atom. The van der Waals surface area contributed by atoms with Crippen molar-refractivity contribution in [2.24, 2.45) is 0 Å². The zero-order chi connectivity index (χ0) is 23.0. The zero-order valence-electron chi connectivity index (χ0n) is 17.6. The number of ketones is 1. The van der Waals surface area contributed by atoms with Gasteiger partial charge in [0.1, 0.15) is 0 Å². The average molecular weight is 454 g/mol. The lowest BCUT2D eigenvalue weighted by Gasteiger charge is -2.28. The van der Waals surface area contributed by atoms with Crippen molar-refractivity contribution in [1.82, 2.24) is 0 Å². The minimum atomic E-state index is -0.947. The van der Waals surface area contributed by atoms with Gasteiger partial charge in [0.25, 0.3) is 5.91 Å². The molecule has 1 unspecified atom stereocenters. The molecule has 0 aliphatic carbocycles. The number of carbonyl (C=O) groups is 2. The second kappa shape index (κ2) is 8.43. The molecular weight excluding hydrogens is 434 g/mol. The first kappa shape index (κ1) is 21.5. The molecule has 164 valence electrons. The van der Waals surface area contributed by atoms with Gasteiger partial charge in [0, 0.05) is 10.7 Å². The number of amides is 1. The molecule has 0 fully saturated rings. The Hall–Kier alpha value is -3.71. The van der Waals surface area contributed by atoms with E-state index in [2.05, 4.69) is 0 Å². The second-order valence-corrected chi connectivity index (χ2v) is 7.55. The smallest absolute Gasteiger partial charge is 0.294 e. The molecule has 0 spiro atoms. The van der Waals surface area contributed by atoms with Crippen molar-refractivity contribution in [3.05, 3.63) is 88.0 Å². The van der Waals surface area contributed by atoms with Gasteiger partial charge in [-0.25, -0.2) is 0 Å². The predicted molar refractivity (Wildman–Crippen MR) is 119 cm³/mol. The van der Waals surface area contributed by atoms with E-state index in [-0.39, 0.29) is 11.3 Å². The Labute approximate surface area is 189 Å². The number of furan rings is 1. The van der Waals surface area contributed by atoms with Crippen LogP contribution in [0.3, 0.4) is 0 Å². The highest BCUT2D eigenvalue weighted by molar-refractivity contribution is 6.32. The van der Waals surface area contributed by atoms with Crippen LogP contribution in [0.15, 0.2) is 70.5 Å². The van der Waals surface area contributed by atoms with Gasteiger partial charge in [-0.3, -0.25) is 14.5 Å². The van der Waals surface area contributed by atoms with Gasteiger partial charge in [-0.2, -0.15) is 0 Å². The number of Topliss-reactive ketones (excluding diaryl/α,β-unsaturated/α-hetero) is 1. The number of hydrogen-bond donors (Lipinski definition) is 1. The normalized spacial score (nSPS) is 15.9. The highest BCUT2D eigenvalue weighted by Gasteiger charge is 2.46. The lowest BCUT2D eigenvalue weighted by Crippen LogP contribution is -2.31. The molecule has 2 aromatic carbocycles. The van der Waals surface area contributed by atoms with E-state index < -0.39 is 23.5 Å². The molecule has 8 heteroatoms. The molecule has 1 amide bonds. The van der Waals surface area contributed by atoms with Crippen molar-refractivity contribution in [3.8, 4) is 11.5 Å². The molecule has 1 aliphatic rings. The summed E-state index contributed by atoms with van der Waals surface area (Å²) in [6.07, 6.45) is 1.35. The van der Waals surface area contributed by atoms with E-state index in [9.17, 15) is 14.7 Å². The number of aliphatic hydroxyl groups excluding tert-OH is 1. The summed E-state index contributed by atoms with van der Waals surface area (Å²) in [5.41, 5.74) is 1.54. The standard InChI is InChI=1S/C24H20ClNO6/c1-13-15(25)6-4-7-16(13)26-21(14-9-10-17(30-2)19(12-14)31-3)20(23(28)24(26)29)22(27)18-8-5-11-32-18/h4-12,21,28H,1-3H3. The third-order valence-electron chi connectivity index (χ3n) is 5.42. The van der Waals surface area contributed by atoms with Gasteiger partial charge in [0.15, 0.2) is 23.0 Å². The van der Waals surface area contributed by atoms with Crippen LogP contribution in [0, 0.1) is 6.92 Å². The first-order valence-corrected chi connectivity index (χ1v) is 10.1. The fraction of sp³-hybridized carbons (Fsp3) is 0.167. The number of nitrogens with zero attached hydrogens (tertiary/aromatic N) is 1. The van der Waals surface area contributed by atoms with Crippen molar-refractivity contribution in [2.75, 3.05) is 19.1 Å². The van der Waals surface area contributed by atoms with Crippen LogP contribution in [-0.2, 0) is 4.79 Å². The Balaban J connectivity index is 1.94. The topological polar surface area (TPSA) is 89.2 Å². The Kier molecular flexibility index (Phi) is 5.67. The SMILES string of the molecule is COc1ccc(C2C(C(=O)c3ccco3)=C(O)C(=O)N2c2cccc(Cl)c2C)cc1OC. The fourth-order valence-electron chi connectivity index (χ4n) is 3.82. The highest BCUT2D eigenvalue weighted by atomic mass is 35.5. The molecule has 1 aromatic heterocycles. The van der Waals surface area contributed by atoms with E-state index in [4.69, 9.17) is 25.5 Å². The Morgan fingerprint density at radius 3 is 2.50 bits per heavy atom. The monoisotopic (exact) mass is 453 g/mol. The number of hydrogen-bond acceptors (Lipinski definition) is 6. The van der Waals surface area contributed by atoms with Gasteiger partial charge >= 0.3 is 0 Å². The third kappa shape index (κ3) is 3.40.